The lowest BCUT2D eigenvalue weighted by Crippen LogP contribution is -2.31. The maximum absolute atomic E-state index is 11.9. The zero-order valence-corrected chi connectivity index (χ0v) is 10.8. The van der Waals surface area contributed by atoms with Crippen molar-refractivity contribution in [1.82, 2.24) is 15.3 Å². The van der Waals surface area contributed by atoms with E-state index in [2.05, 4.69) is 15.3 Å². The van der Waals surface area contributed by atoms with Crippen LogP contribution in [0.3, 0.4) is 0 Å². The third-order valence-electron chi connectivity index (χ3n) is 3.09. The van der Waals surface area contributed by atoms with E-state index in [1.807, 2.05) is 24.3 Å². The molecule has 1 fully saturated rings. The summed E-state index contributed by atoms with van der Waals surface area (Å²) < 4.78 is 0. The van der Waals surface area contributed by atoms with Gasteiger partial charge in [0.2, 0.25) is 5.91 Å². The fraction of sp³-hybridized carbons (Fsp3) is 0.385. The molecule has 0 radical (unpaired) electrons. The van der Waals surface area contributed by atoms with Gasteiger partial charge in [0.15, 0.2) is 0 Å². The summed E-state index contributed by atoms with van der Waals surface area (Å²) >= 11 is 1.75. The average molecular weight is 261 g/mol. The van der Waals surface area contributed by atoms with E-state index in [1.165, 1.54) is 0 Å². The first-order valence-electron chi connectivity index (χ1n) is 6.16. The number of hydrogen-bond acceptors (Lipinski definition) is 3. The van der Waals surface area contributed by atoms with Crippen molar-refractivity contribution in [2.45, 2.75) is 24.6 Å². The van der Waals surface area contributed by atoms with E-state index in [1.54, 1.807) is 11.8 Å². The highest BCUT2D eigenvalue weighted by atomic mass is 32.2. The molecule has 1 atom stereocenters. The van der Waals surface area contributed by atoms with Crippen LogP contribution < -0.4 is 5.32 Å². The van der Waals surface area contributed by atoms with Crippen LogP contribution in [0.2, 0.25) is 0 Å². The standard InChI is InChI=1S/C13H15N3OS/c17-13(11-6-3-7-18-11)14-8-12-15-9-4-1-2-5-10(9)16-12/h1-2,4-5,11H,3,6-8H2,(H,14,17)(H,15,16). The van der Waals surface area contributed by atoms with Crippen molar-refractivity contribution in [1.29, 1.82) is 0 Å². The Morgan fingerprint density at radius 1 is 1.50 bits per heavy atom. The number of nitrogens with zero attached hydrogens (tertiary/aromatic N) is 1. The fourth-order valence-corrected chi connectivity index (χ4v) is 3.34. The van der Waals surface area contributed by atoms with Crippen molar-refractivity contribution in [3.63, 3.8) is 0 Å². The molecule has 1 unspecified atom stereocenters. The summed E-state index contributed by atoms with van der Waals surface area (Å²) in [5, 5.41) is 3.08. The third kappa shape index (κ3) is 2.36. The molecule has 94 valence electrons. The lowest BCUT2D eigenvalue weighted by atomic mass is 10.2. The summed E-state index contributed by atoms with van der Waals surface area (Å²) in [7, 11) is 0. The lowest BCUT2D eigenvalue weighted by molar-refractivity contribution is -0.120. The van der Waals surface area contributed by atoms with Crippen LogP contribution in [0.5, 0.6) is 0 Å². The quantitative estimate of drug-likeness (QED) is 0.889. The Kier molecular flexibility index (Phi) is 3.23. The van der Waals surface area contributed by atoms with Crippen LogP contribution in [0.4, 0.5) is 0 Å². The largest absolute Gasteiger partial charge is 0.348 e. The molecule has 3 rings (SSSR count). The first-order chi connectivity index (χ1) is 8.83. The van der Waals surface area contributed by atoms with Crippen LogP contribution in [0, 0.1) is 0 Å². The summed E-state index contributed by atoms with van der Waals surface area (Å²) in [6, 6.07) is 7.88. The van der Waals surface area contributed by atoms with E-state index >= 15 is 0 Å². The molecular weight excluding hydrogens is 246 g/mol. The zero-order chi connectivity index (χ0) is 12.4. The Hall–Kier alpha value is -1.49. The molecule has 1 saturated heterocycles. The fourth-order valence-electron chi connectivity index (χ4n) is 2.16. The number of carbonyl (C=O) groups excluding carboxylic acids is 1. The van der Waals surface area contributed by atoms with Crippen molar-refractivity contribution < 1.29 is 4.79 Å². The minimum atomic E-state index is 0.134. The molecule has 0 bridgehead atoms. The molecule has 2 aromatic rings. The van der Waals surface area contributed by atoms with Crippen molar-refractivity contribution in [3.05, 3.63) is 30.1 Å². The summed E-state index contributed by atoms with van der Waals surface area (Å²) in [5.74, 6) is 2.05. The molecule has 0 aliphatic carbocycles. The number of hydrogen-bond donors (Lipinski definition) is 2. The van der Waals surface area contributed by atoms with Crippen molar-refractivity contribution in [3.8, 4) is 0 Å². The molecule has 4 nitrogen and oxygen atoms in total. The Labute approximate surface area is 110 Å². The smallest absolute Gasteiger partial charge is 0.233 e. The number of fused-ring (bicyclic) bond motifs is 1. The molecule has 0 spiro atoms. The first-order valence-corrected chi connectivity index (χ1v) is 7.21. The molecule has 2 heterocycles. The van der Waals surface area contributed by atoms with Crippen LogP contribution in [-0.4, -0.2) is 26.9 Å². The number of H-pyrrole nitrogens is 1. The predicted molar refractivity (Wildman–Crippen MR) is 73.4 cm³/mol. The van der Waals surface area contributed by atoms with E-state index in [-0.39, 0.29) is 11.2 Å². The van der Waals surface area contributed by atoms with Crippen LogP contribution >= 0.6 is 11.8 Å². The molecule has 0 saturated carbocycles. The number of aromatic amines is 1. The van der Waals surface area contributed by atoms with Gasteiger partial charge in [0.25, 0.3) is 0 Å². The Morgan fingerprint density at radius 2 is 2.39 bits per heavy atom. The monoisotopic (exact) mass is 261 g/mol. The molecule has 1 aliphatic rings. The average Bonchev–Trinajstić information content (AvgIpc) is 3.04. The SMILES string of the molecule is O=C(NCc1nc2ccccc2[nH]1)C1CCCS1. The zero-order valence-electron chi connectivity index (χ0n) is 9.98. The molecule has 1 amide bonds. The highest BCUT2D eigenvalue weighted by molar-refractivity contribution is 8.00. The molecule has 18 heavy (non-hydrogen) atoms. The van der Waals surface area contributed by atoms with Gasteiger partial charge >= 0.3 is 0 Å². The molecule has 2 N–H and O–H groups in total. The molecule has 1 aromatic heterocycles. The number of nitrogens with one attached hydrogen (secondary N) is 2. The van der Waals surface area contributed by atoms with Crippen molar-refractivity contribution >= 4 is 28.7 Å². The van der Waals surface area contributed by atoms with Gasteiger partial charge in [-0.25, -0.2) is 4.98 Å². The van der Waals surface area contributed by atoms with Gasteiger partial charge in [-0.2, -0.15) is 0 Å². The molecule has 1 aliphatic heterocycles. The van der Waals surface area contributed by atoms with E-state index in [0.717, 1.165) is 35.5 Å². The summed E-state index contributed by atoms with van der Waals surface area (Å²) in [5.41, 5.74) is 1.95. The van der Waals surface area contributed by atoms with E-state index in [4.69, 9.17) is 0 Å². The van der Waals surface area contributed by atoms with Crippen molar-refractivity contribution in [2.24, 2.45) is 0 Å². The minimum Gasteiger partial charge on any atom is -0.348 e. The van der Waals surface area contributed by atoms with Crippen LogP contribution in [0.15, 0.2) is 24.3 Å². The minimum absolute atomic E-state index is 0.134. The number of benzene rings is 1. The maximum atomic E-state index is 11.9. The predicted octanol–water partition coefficient (Wildman–Crippen LogP) is 2.07. The van der Waals surface area contributed by atoms with Gasteiger partial charge in [0, 0.05) is 0 Å². The number of para-hydroxylation sites is 2. The number of imidazole rings is 1. The summed E-state index contributed by atoms with van der Waals surface area (Å²) in [6.07, 6.45) is 2.14. The van der Waals surface area contributed by atoms with Crippen LogP contribution in [-0.2, 0) is 11.3 Å². The number of carbonyl (C=O) groups is 1. The first kappa shape index (κ1) is 11.6. The number of amides is 1. The second-order valence-corrected chi connectivity index (χ2v) is 5.73. The maximum Gasteiger partial charge on any atom is 0.233 e. The van der Waals surface area contributed by atoms with E-state index in [0.29, 0.717) is 6.54 Å². The Bertz CT molecular complexity index is 527. The topological polar surface area (TPSA) is 57.8 Å². The third-order valence-corrected chi connectivity index (χ3v) is 4.47. The summed E-state index contributed by atoms with van der Waals surface area (Å²) in [4.78, 5) is 19.5. The second kappa shape index (κ2) is 5.02. The number of rotatable bonds is 3. The molecular formula is C13H15N3OS. The van der Waals surface area contributed by atoms with Gasteiger partial charge in [-0.3, -0.25) is 4.79 Å². The van der Waals surface area contributed by atoms with Crippen LogP contribution in [0.1, 0.15) is 18.7 Å². The summed E-state index contributed by atoms with van der Waals surface area (Å²) in [6.45, 7) is 0.477. The van der Waals surface area contributed by atoms with Gasteiger partial charge in [0.05, 0.1) is 22.8 Å². The molecule has 5 heteroatoms. The lowest BCUT2D eigenvalue weighted by Gasteiger charge is -2.08. The molecule has 1 aromatic carbocycles. The van der Waals surface area contributed by atoms with Crippen molar-refractivity contribution in [2.75, 3.05) is 5.75 Å². The van der Waals surface area contributed by atoms with Gasteiger partial charge in [-0.05, 0) is 30.7 Å². The number of aromatic nitrogens is 2. The normalized spacial score (nSPS) is 19.2. The van der Waals surface area contributed by atoms with Gasteiger partial charge < -0.3 is 10.3 Å². The van der Waals surface area contributed by atoms with Gasteiger partial charge in [-0.1, -0.05) is 12.1 Å². The van der Waals surface area contributed by atoms with Gasteiger partial charge in [-0.15, -0.1) is 11.8 Å². The highest BCUT2D eigenvalue weighted by Gasteiger charge is 2.23. The highest BCUT2D eigenvalue weighted by Crippen LogP contribution is 2.26. The van der Waals surface area contributed by atoms with E-state index < -0.39 is 0 Å². The Morgan fingerprint density at radius 3 is 3.17 bits per heavy atom. The number of thioether (sulfide) groups is 1. The Balaban J connectivity index is 1.63. The van der Waals surface area contributed by atoms with E-state index in [9.17, 15) is 4.79 Å². The van der Waals surface area contributed by atoms with Gasteiger partial charge in [0.1, 0.15) is 5.82 Å². The van der Waals surface area contributed by atoms with Crippen LogP contribution in [0.25, 0.3) is 11.0 Å². The second-order valence-electron chi connectivity index (χ2n) is 4.42.